The summed E-state index contributed by atoms with van der Waals surface area (Å²) >= 11 is 0. The molecule has 3 atom stereocenters. The van der Waals surface area contributed by atoms with Crippen LogP contribution in [0.5, 0.6) is 0 Å². The maximum absolute atomic E-state index is 2.42. The summed E-state index contributed by atoms with van der Waals surface area (Å²) in [7, 11) is 0. The van der Waals surface area contributed by atoms with Gasteiger partial charge in [0.1, 0.15) is 0 Å². The largest absolute Gasteiger partial charge is 0.0811 e. The Kier molecular flexibility index (Phi) is 3.04. The van der Waals surface area contributed by atoms with Crippen molar-refractivity contribution in [1.82, 2.24) is 0 Å². The smallest absolute Gasteiger partial charge is 0.0174 e. The van der Waals surface area contributed by atoms with Gasteiger partial charge in [0.05, 0.1) is 0 Å². The lowest BCUT2D eigenvalue weighted by Gasteiger charge is -2.37. The minimum absolute atomic E-state index is 0.760. The van der Waals surface area contributed by atoms with Gasteiger partial charge in [0, 0.05) is 0 Å². The molecule has 0 spiro atoms. The third-order valence-electron chi connectivity index (χ3n) is 4.21. The monoisotopic (exact) mass is 204 g/mol. The minimum Gasteiger partial charge on any atom is -0.0811 e. The van der Waals surface area contributed by atoms with Crippen LogP contribution in [0.2, 0.25) is 0 Å². The third-order valence-corrected chi connectivity index (χ3v) is 4.21. The molecule has 0 amide bonds. The molecule has 0 aromatic rings. The van der Waals surface area contributed by atoms with Gasteiger partial charge in [0.15, 0.2) is 0 Å². The topological polar surface area (TPSA) is 0 Å². The van der Waals surface area contributed by atoms with Crippen LogP contribution >= 0.6 is 0 Å². The van der Waals surface area contributed by atoms with Crippen LogP contribution in [-0.2, 0) is 0 Å². The zero-order chi connectivity index (χ0) is 11.0. The molecule has 3 unspecified atom stereocenters. The second-order valence-electron chi connectivity index (χ2n) is 5.85. The van der Waals surface area contributed by atoms with Crippen LogP contribution in [0.4, 0.5) is 0 Å². The highest BCUT2D eigenvalue weighted by molar-refractivity contribution is 5.35. The molecule has 0 nitrogen and oxygen atoms in total. The van der Waals surface area contributed by atoms with Crippen LogP contribution in [0.1, 0.15) is 47.0 Å². The second-order valence-corrected chi connectivity index (χ2v) is 5.85. The van der Waals surface area contributed by atoms with Crippen LogP contribution in [0.15, 0.2) is 23.3 Å². The first-order valence-corrected chi connectivity index (χ1v) is 6.50. The van der Waals surface area contributed by atoms with Crippen molar-refractivity contribution in [2.24, 2.45) is 23.7 Å². The Morgan fingerprint density at radius 1 is 1.20 bits per heavy atom. The first kappa shape index (κ1) is 11.0. The molecule has 0 fully saturated rings. The quantitative estimate of drug-likeness (QED) is 0.586. The predicted molar refractivity (Wildman–Crippen MR) is 66.7 cm³/mol. The van der Waals surface area contributed by atoms with Gasteiger partial charge in [-0.3, -0.25) is 0 Å². The molecule has 84 valence electrons. The molecule has 0 heteroatoms. The van der Waals surface area contributed by atoms with Gasteiger partial charge >= 0.3 is 0 Å². The van der Waals surface area contributed by atoms with Crippen molar-refractivity contribution in [2.75, 3.05) is 0 Å². The lowest BCUT2D eigenvalue weighted by atomic mass is 9.69. The average molecular weight is 204 g/mol. The Balaban J connectivity index is 2.32. The molecular formula is C15H24. The van der Waals surface area contributed by atoms with Crippen LogP contribution in [0, 0.1) is 23.7 Å². The summed E-state index contributed by atoms with van der Waals surface area (Å²) in [5.74, 6) is 3.25. The molecule has 2 aliphatic rings. The van der Waals surface area contributed by atoms with E-state index in [1.165, 1.54) is 19.3 Å². The van der Waals surface area contributed by atoms with Crippen LogP contribution in [0.3, 0.4) is 0 Å². The van der Waals surface area contributed by atoms with Gasteiger partial charge in [-0.15, -0.1) is 0 Å². The predicted octanol–water partition coefficient (Wildman–Crippen LogP) is 4.58. The van der Waals surface area contributed by atoms with E-state index < -0.39 is 0 Å². The van der Waals surface area contributed by atoms with E-state index in [-0.39, 0.29) is 0 Å². The lowest BCUT2D eigenvalue weighted by molar-refractivity contribution is 0.336. The molecule has 0 radical (unpaired) electrons. The standard InChI is InChI=1S/C15H24/c1-10(2)13-8-6-12(4)14-7-5-11(3)9-15(13)14/h5,7,10-13H,6,8-9H2,1-4H3. The fourth-order valence-corrected chi connectivity index (χ4v) is 3.25. The first-order valence-electron chi connectivity index (χ1n) is 6.50. The second kappa shape index (κ2) is 4.15. The van der Waals surface area contributed by atoms with Crippen molar-refractivity contribution in [3.8, 4) is 0 Å². The van der Waals surface area contributed by atoms with Crippen molar-refractivity contribution < 1.29 is 0 Å². The van der Waals surface area contributed by atoms with Crippen LogP contribution < -0.4 is 0 Å². The number of hydrogen-bond acceptors (Lipinski definition) is 0. The van der Waals surface area contributed by atoms with Gasteiger partial charge in [0.2, 0.25) is 0 Å². The van der Waals surface area contributed by atoms with Crippen LogP contribution in [0.25, 0.3) is 0 Å². The van der Waals surface area contributed by atoms with E-state index in [1.807, 2.05) is 0 Å². The molecule has 2 rings (SSSR count). The highest BCUT2D eigenvalue weighted by Gasteiger charge is 2.30. The lowest BCUT2D eigenvalue weighted by Crippen LogP contribution is -2.24. The normalized spacial score (nSPS) is 35.9. The fourth-order valence-electron chi connectivity index (χ4n) is 3.25. The number of allylic oxidation sites excluding steroid dienone is 4. The molecule has 0 aliphatic heterocycles. The SMILES string of the molecule is CC1C=CC2=C(C1)C(C(C)C)CCC2C. The highest BCUT2D eigenvalue weighted by Crippen LogP contribution is 2.43. The molecule has 0 aromatic carbocycles. The summed E-state index contributed by atoms with van der Waals surface area (Å²) in [6, 6.07) is 0. The van der Waals surface area contributed by atoms with Gasteiger partial charge < -0.3 is 0 Å². The number of hydrogen-bond donors (Lipinski definition) is 0. The van der Waals surface area contributed by atoms with Crippen molar-refractivity contribution in [1.29, 1.82) is 0 Å². The van der Waals surface area contributed by atoms with E-state index in [1.54, 1.807) is 11.1 Å². The van der Waals surface area contributed by atoms with E-state index in [4.69, 9.17) is 0 Å². The zero-order valence-corrected chi connectivity index (χ0v) is 10.6. The molecule has 0 N–H and O–H groups in total. The van der Waals surface area contributed by atoms with Gasteiger partial charge in [-0.25, -0.2) is 0 Å². The Labute approximate surface area is 94.5 Å². The molecule has 0 bridgehead atoms. The van der Waals surface area contributed by atoms with Gasteiger partial charge in [0.25, 0.3) is 0 Å². The highest BCUT2D eigenvalue weighted by atomic mass is 14.3. The van der Waals surface area contributed by atoms with Gasteiger partial charge in [-0.1, -0.05) is 45.4 Å². The summed E-state index contributed by atoms with van der Waals surface area (Å²) in [4.78, 5) is 0. The molecule has 15 heavy (non-hydrogen) atoms. The van der Waals surface area contributed by atoms with E-state index in [0.717, 1.165) is 23.7 Å². The van der Waals surface area contributed by atoms with E-state index in [2.05, 4.69) is 39.8 Å². The van der Waals surface area contributed by atoms with Crippen molar-refractivity contribution >= 4 is 0 Å². The molecule has 0 heterocycles. The zero-order valence-electron chi connectivity index (χ0n) is 10.6. The van der Waals surface area contributed by atoms with Gasteiger partial charge in [-0.2, -0.15) is 0 Å². The van der Waals surface area contributed by atoms with E-state index in [9.17, 15) is 0 Å². The van der Waals surface area contributed by atoms with Gasteiger partial charge in [-0.05, 0) is 48.5 Å². The summed E-state index contributed by atoms with van der Waals surface area (Å²) in [6.45, 7) is 9.51. The maximum Gasteiger partial charge on any atom is -0.0174 e. The molecule has 0 saturated heterocycles. The van der Waals surface area contributed by atoms with E-state index >= 15 is 0 Å². The Morgan fingerprint density at radius 3 is 2.60 bits per heavy atom. The molecule has 0 saturated carbocycles. The summed E-state index contributed by atoms with van der Waals surface area (Å²) in [5, 5.41) is 0. The summed E-state index contributed by atoms with van der Waals surface area (Å²) in [5.41, 5.74) is 3.47. The Hall–Kier alpha value is -0.520. The molecule has 2 aliphatic carbocycles. The fraction of sp³-hybridized carbons (Fsp3) is 0.733. The first-order chi connectivity index (χ1) is 7.09. The number of rotatable bonds is 1. The Morgan fingerprint density at radius 2 is 1.93 bits per heavy atom. The van der Waals surface area contributed by atoms with E-state index in [0.29, 0.717) is 0 Å². The van der Waals surface area contributed by atoms with Crippen molar-refractivity contribution in [2.45, 2.75) is 47.0 Å². The van der Waals surface area contributed by atoms with Crippen molar-refractivity contribution in [3.63, 3.8) is 0 Å². The Bertz CT molecular complexity index is 293. The summed E-state index contributed by atoms with van der Waals surface area (Å²) in [6.07, 6.45) is 8.94. The van der Waals surface area contributed by atoms with Crippen LogP contribution in [-0.4, -0.2) is 0 Å². The molecule has 0 aromatic heterocycles. The third kappa shape index (κ3) is 2.04. The van der Waals surface area contributed by atoms with Crippen molar-refractivity contribution in [3.05, 3.63) is 23.3 Å². The molecular weight excluding hydrogens is 180 g/mol. The summed E-state index contributed by atoms with van der Waals surface area (Å²) < 4.78 is 0. The minimum atomic E-state index is 0.760. The average Bonchev–Trinajstić information content (AvgIpc) is 2.17. The maximum atomic E-state index is 2.42.